The van der Waals surface area contributed by atoms with Crippen molar-refractivity contribution in [3.05, 3.63) is 94.4 Å². The molecule has 7 heterocycles. The molecule has 10 atom stereocenters. The van der Waals surface area contributed by atoms with Crippen LogP contribution in [0.15, 0.2) is 66.8 Å². The van der Waals surface area contributed by atoms with Gasteiger partial charge in [-0.1, -0.05) is 62.4 Å². The highest BCUT2D eigenvalue weighted by atomic mass is 16.6. The van der Waals surface area contributed by atoms with Gasteiger partial charge in [-0.3, -0.25) is 9.69 Å². The molecule has 2 unspecified atom stereocenters. The van der Waals surface area contributed by atoms with Gasteiger partial charge >= 0.3 is 5.97 Å². The van der Waals surface area contributed by atoms with Crippen LogP contribution in [-0.2, 0) is 21.4 Å². The summed E-state index contributed by atoms with van der Waals surface area (Å²) in [7, 11) is 1.53. The molecule has 3 aromatic rings. The van der Waals surface area contributed by atoms with E-state index in [0.717, 1.165) is 44.5 Å². The normalized spacial score (nSPS) is 44.2. The first kappa shape index (κ1) is 27.5. The first-order valence-electron chi connectivity index (χ1n) is 18.1. The third-order valence-electron chi connectivity index (χ3n) is 15.5. The summed E-state index contributed by atoms with van der Waals surface area (Å²) in [5, 5.41) is 20.3. The number of rotatable bonds is 3. The fraction of sp³-hybridized carbons (Fsp3) is 0.525. The van der Waals surface area contributed by atoms with E-state index in [-0.39, 0.29) is 45.4 Å². The van der Waals surface area contributed by atoms with E-state index >= 15 is 0 Å². The van der Waals surface area contributed by atoms with Crippen LogP contribution in [0.2, 0.25) is 0 Å². The summed E-state index contributed by atoms with van der Waals surface area (Å²) < 4.78 is 8.09. The van der Waals surface area contributed by atoms with Gasteiger partial charge in [0, 0.05) is 52.6 Å². The van der Waals surface area contributed by atoms with Gasteiger partial charge in [0.05, 0.1) is 49.2 Å². The van der Waals surface area contributed by atoms with Crippen molar-refractivity contribution in [2.75, 3.05) is 38.6 Å². The number of nitrogens with one attached hydrogen (secondary N) is 1. The van der Waals surface area contributed by atoms with Crippen molar-refractivity contribution in [3.63, 3.8) is 0 Å². The highest BCUT2D eigenvalue weighted by Crippen LogP contribution is 2.80. The molecule has 6 aliphatic heterocycles. The topological polar surface area (TPSA) is 69.6 Å². The number of esters is 1. The standard InChI is InChI=1S/C40H44N4O3/c1-4-37-14-7-17-42-18-13-27-26-9-5-6-10-31(26)43(33(27)34(37)42)32(23-37)25-11-12-30-28(21-25)39-16-20-44(46)19-8-15-38(36(39)44)22-29(35(45)47-3)40(39,41-30)24(38)2/h5-12,14-15,21,24,29,32,34,36,41H,4,13,16-20,22-23H2,1-3H3/t24?,29-,32+,34+,36-,37-,38-,39+,40+,44?/m0/s1. The molecule has 7 heteroatoms. The number of hydroxylamine groups is 3. The molecule has 8 aliphatic rings. The number of fused-ring (bicyclic) bond motifs is 4. The van der Waals surface area contributed by atoms with Crippen molar-refractivity contribution in [2.24, 2.45) is 22.7 Å². The first-order chi connectivity index (χ1) is 22.8. The van der Waals surface area contributed by atoms with E-state index < -0.39 is 11.0 Å². The second kappa shape index (κ2) is 8.42. The maximum absolute atomic E-state index is 14.9. The van der Waals surface area contributed by atoms with Gasteiger partial charge in [-0.05, 0) is 66.5 Å². The number of nitrogens with zero attached hydrogens (tertiary/aromatic N) is 3. The Morgan fingerprint density at radius 2 is 2.02 bits per heavy atom. The monoisotopic (exact) mass is 628 g/mol. The number of aromatic nitrogens is 1. The zero-order chi connectivity index (χ0) is 31.7. The van der Waals surface area contributed by atoms with Crippen LogP contribution in [0, 0.1) is 27.9 Å². The van der Waals surface area contributed by atoms with Crippen LogP contribution in [0.5, 0.6) is 0 Å². The fourth-order valence-corrected chi connectivity index (χ4v) is 14.0. The van der Waals surface area contributed by atoms with Gasteiger partial charge in [0.25, 0.3) is 0 Å². The SMILES string of the molecule is CC[C@]12C=CCN3CCc4c(n(c5ccccc45)[C@@H](c4ccc5c(c4)[C@@]46CC[N+]7([O-])CC=C[C@@]8(C[C@@H](C(=O)OC)[C@]4(N5)C8C)[C@@H]67)C1)[C@@H]32. The van der Waals surface area contributed by atoms with Gasteiger partial charge < -0.3 is 24.5 Å². The van der Waals surface area contributed by atoms with E-state index in [1.807, 2.05) is 0 Å². The number of carbonyl (C=O) groups is 1. The minimum atomic E-state index is -0.529. The van der Waals surface area contributed by atoms with Crippen molar-refractivity contribution in [2.45, 2.75) is 75.0 Å². The van der Waals surface area contributed by atoms with Gasteiger partial charge in [-0.2, -0.15) is 0 Å². The average Bonchev–Trinajstić information content (AvgIpc) is 3.82. The van der Waals surface area contributed by atoms with Crippen LogP contribution in [-0.4, -0.2) is 65.0 Å². The number of hydrogen-bond donors (Lipinski definition) is 1. The first-order valence-corrected chi connectivity index (χ1v) is 18.1. The number of quaternary nitrogens is 1. The molecule has 3 fully saturated rings. The second-order valence-electron chi connectivity index (χ2n) is 16.4. The van der Waals surface area contributed by atoms with Gasteiger partial charge in [0.2, 0.25) is 0 Å². The lowest BCUT2D eigenvalue weighted by Gasteiger charge is -2.56. The van der Waals surface area contributed by atoms with Crippen LogP contribution in [0.25, 0.3) is 10.9 Å². The summed E-state index contributed by atoms with van der Waals surface area (Å²) in [5.74, 6) is -0.286. The maximum Gasteiger partial charge on any atom is 0.311 e. The molecule has 242 valence electrons. The molecule has 11 rings (SSSR count). The van der Waals surface area contributed by atoms with E-state index in [2.05, 4.69) is 95.4 Å². The van der Waals surface area contributed by atoms with E-state index in [4.69, 9.17) is 4.74 Å². The van der Waals surface area contributed by atoms with E-state index in [1.165, 1.54) is 34.8 Å². The molecule has 7 nitrogen and oxygen atoms in total. The number of para-hydroxylation sites is 1. The van der Waals surface area contributed by atoms with Crippen molar-refractivity contribution < 1.29 is 14.2 Å². The summed E-state index contributed by atoms with van der Waals surface area (Å²) >= 11 is 0. The predicted molar refractivity (Wildman–Crippen MR) is 182 cm³/mol. The van der Waals surface area contributed by atoms with Crippen molar-refractivity contribution in [1.29, 1.82) is 0 Å². The zero-order valence-corrected chi connectivity index (χ0v) is 27.7. The molecule has 47 heavy (non-hydrogen) atoms. The molecule has 3 spiro atoms. The quantitative estimate of drug-likeness (QED) is 0.158. The van der Waals surface area contributed by atoms with Crippen LogP contribution >= 0.6 is 0 Å². The molecule has 1 aromatic heterocycles. The highest BCUT2D eigenvalue weighted by molar-refractivity contribution is 5.87. The third kappa shape index (κ3) is 2.72. The number of hydrogen-bond acceptors (Lipinski definition) is 5. The number of methoxy groups -OCH3 is 1. The lowest BCUT2D eigenvalue weighted by Crippen LogP contribution is -2.66. The van der Waals surface area contributed by atoms with Crippen molar-refractivity contribution in [3.8, 4) is 0 Å². The fourth-order valence-electron chi connectivity index (χ4n) is 14.0. The minimum Gasteiger partial charge on any atom is -0.632 e. The number of benzene rings is 2. The second-order valence-corrected chi connectivity index (χ2v) is 16.4. The Balaban J connectivity index is 1.15. The highest BCUT2D eigenvalue weighted by Gasteiger charge is 2.89. The van der Waals surface area contributed by atoms with Crippen LogP contribution < -0.4 is 5.32 Å². The van der Waals surface area contributed by atoms with Gasteiger partial charge in [-0.25, -0.2) is 0 Å². The Morgan fingerprint density at radius 1 is 1.15 bits per heavy atom. The van der Waals surface area contributed by atoms with Gasteiger partial charge in [0.1, 0.15) is 6.04 Å². The van der Waals surface area contributed by atoms with E-state index in [0.29, 0.717) is 25.6 Å². The molecule has 2 saturated carbocycles. The molecule has 2 aliphatic carbocycles. The molecule has 0 amide bonds. The van der Waals surface area contributed by atoms with E-state index in [9.17, 15) is 10.0 Å². The number of ether oxygens (including phenoxy) is 1. The molecule has 2 bridgehead atoms. The summed E-state index contributed by atoms with van der Waals surface area (Å²) in [5.41, 5.74) is 6.98. The molecule has 2 aromatic carbocycles. The Morgan fingerprint density at radius 3 is 2.87 bits per heavy atom. The molecule has 1 N–H and O–H groups in total. The lowest BCUT2D eigenvalue weighted by molar-refractivity contribution is -0.897. The Kier molecular flexibility index (Phi) is 4.93. The van der Waals surface area contributed by atoms with Crippen LogP contribution in [0.4, 0.5) is 5.69 Å². The Bertz CT molecular complexity index is 2000. The minimum absolute atomic E-state index is 0.0722. The largest absolute Gasteiger partial charge is 0.632 e. The molecular weight excluding hydrogens is 584 g/mol. The van der Waals surface area contributed by atoms with Crippen molar-refractivity contribution in [1.82, 2.24) is 9.47 Å². The van der Waals surface area contributed by atoms with Crippen LogP contribution in [0.3, 0.4) is 0 Å². The van der Waals surface area contributed by atoms with Crippen LogP contribution in [0.1, 0.15) is 74.0 Å². The predicted octanol–water partition coefficient (Wildman–Crippen LogP) is 6.39. The molecule has 1 saturated heterocycles. The van der Waals surface area contributed by atoms with E-state index in [1.54, 1.807) is 5.56 Å². The Labute approximate surface area is 276 Å². The van der Waals surface area contributed by atoms with Gasteiger partial charge in [-0.15, -0.1) is 0 Å². The maximum atomic E-state index is 14.9. The number of anilines is 1. The summed E-state index contributed by atoms with van der Waals surface area (Å²) in [6.45, 7) is 7.97. The summed E-state index contributed by atoms with van der Waals surface area (Å²) in [6, 6.07) is 16.7. The van der Waals surface area contributed by atoms with Gasteiger partial charge in [0.15, 0.2) is 0 Å². The molecule has 0 radical (unpaired) electrons. The summed E-state index contributed by atoms with van der Waals surface area (Å²) in [6.07, 6.45) is 14.2. The molecular formula is C40H44N4O3. The number of carbonyl (C=O) groups excluding carboxylic acids is 1. The van der Waals surface area contributed by atoms with Crippen molar-refractivity contribution >= 4 is 22.6 Å². The lowest BCUT2D eigenvalue weighted by atomic mass is 9.57. The third-order valence-corrected chi connectivity index (χ3v) is 15.5. The zero-order valence-electron chi connectivity index (χ0n) is 27.7. The summed E-state index contributed by atoms with van der Waals surface area (Å²) in [4.78, 5) is 16.4. The smallest absolute Gasteiger partial charge is 0.311 e. The Hall–Kier alpha value is -3.39. The average molecular weight is 629 g/mol.